The molecule has 0 saturated heterocycles. The summed E-state index contributed by atoms with van der Waals surface area (Å²) in [7, 11) is 1.68. The Kier molecular flexibility index (Phi) is 3.55. The highest BCUT2D eigenvalue weighted by Crippen LogP contribution is 2.31. The Morgan fingerprint density at radius 1 is 1.32 bits per heavy atom. The average molecular weight is 261 g/mol. The third-order valence-electron chi connectivity index (χ3n) is 2.95. The zero-order chi connectivity index (χ0) is 14.0. The topological polar surface area (TPSA) is 68.5 Å². The van der Waals surface area contributed by atoms with Crippen LogP contribution in [-0.4, -0.2) is 28.0 Å². The molecule has 0 aliphatic heterocycles. The van der Waals surface area contributed by atoms with E-state index in [1.54, 1.807) is 36.7 Å². The maximum Gasteiger partial charge on any atom is 0.313 e. The first-order valence-corrected chi connectivity index (χ1v) is 6.01. The smallest absolute Gasteiger partial charge is 0.313 e. The number of aryl methyl sites for hydroxylation is 1. The summed E-state index contributed by atoms with van der Waals surface area (Å²) in [5.74, 6) is -1.13. The minimum Gasteiger partial charge on any atom is -0.505 e. The van der Waals surface area contributed by atoms with Gasteiger partial charge < -0.3 is 14.4 Å². The zero-order valence-corrected chi connectivity index (χ0v) is 10.8. The van der Waals surface area contributed by atoms with Gasteiger partial charge >= 0.3 is 5.97 Å². The molecule has 1 aromatic heterocycles. The van der Waals surface area contributed by atoms with Gasteiger partial charge in [-0.25, -0.2) is 0 Å². The van der Waals surface area contributed by atoms with Gasteiger partial charge in [-0.3, -0.25) is 9.59 Å². The van der Waals surface area contributed by atoms with Crippen LogP contribution in [0.2, 0.25) is 0 Å². The summed E-state index contributed by atoms with van der Waals surface area (Å²) in [4.78, 5) is 23.4. The number of nitrogens with zero attached hydrogens (tertiary/aromatic N) is 1. The van der Waals surface area contributed by atoms with Crippen molar-refractivity contribution in [1.29, 1.82) is 0 Å². The quantitative estimate of drug-likeness (QED) is 0.519. The van der Waals surface area contributed by atoms with E-state index in [0.29, 0.717) is 5.39 Å². The van der Waals surface area contributed by atoms with Gasteiger partial charge in [-0.2, -0.15) is 0 Å². The number of hydrogen-bond acceptors (Lipinski definition) is 4. The maximum atomic E-state index is 12.1. The first kappa shape index (κ1) is 13.1. The van der Waals surface area contributed by atoms with Gasteiger partial charge in [0, 0.05) is 12.4 Å². The van der Waals surface area contributed by atoms with Crippen LogP contribution < -0.4 is 0 Å². The van der Waals surface area contributed by atoms with Gasteiger partial charge in [0.15, 0.2) is 11.5 Å². The first-order valence-electron chi connectivity index (χ1n) is 6.01. The fourth-order valence-electron chi connectivity index (χ4n) is 2.12. The van der Waals surface area contributed by atoms with Crippen molar-refractivity contribution in [2.45, 2.75) is 13.3 Å². The lowest BCUT2D eigenvalue weighted by Gasteiger charge is -2.04. The van der Waals surface area contributed by atoms with E-state index >= 15 is 0 Å². The van der Waals surface area contributed by atoms with E-state index in [4.69, 9.17) is 4.74 Å². The van der Waals surface area contributed by atoms with E-state index in [9.17, 15) is 14.7 Å². The molecule has 0 spiro atoms. The fourth-order valence-corrected chi connectivity index (χ4v) is 2.12. The number of para-hydroxylation sites is 1. The summed E-state index contributed by atoms with van der Waals surface area (Å²) >= 11 is 0. The van der Waals surface area contributed by atoms with Crippen LogP contribution in [0, 0.1) is 0 Å². The molecule has 0 bridgehead atoms. The second-order valence-corrected chi connectivity index (χ2v) is 4.18. The molecular weight excluding hydrogens is 246 g/mol. The monoisotopic (exact) mass is 261 g/mol. The molecule has 0 aliphatic rings. The minimum absolute atomic E-state index is 0.0904. The maximum absolute atomic E-state index is 12.1. The van der Waals surface area contributed by atoms with Crippen molar-refractivity contribution in [3.8, 4) is 5.75 Å². The van der Waals surface area contributed by atoms with Crippen molar-refractivity contribution in [2.75, 3.05) is 6.61 Å². The summed E-state index contributed by atoms with van der Waals surface area (Å²) in [6.45, 7) is 1.91. The van der Waals surface area contributed by atoms with Crippen molar-refractivity contribution in [2.24, 2.45) is 7.05 Å². The molecule has 5 heteroatoms. The predicted molar refractivity (Wildman–Crippen MR) is 70.2 cm³/mol. The number of rotatable bonds is 4. The van der Waals surface area contributed by atoms with E-state index in [1.165, 1.54) is 0 Å². The first-order chi connectivity index (χ1) is 9.06. The van der Waals surface area contributed by atoms with E-state index < -0.39 is 11.8 Å². The van der Waals surface area contributed by atoms with Crippen LogP contribution in [0.3, 0.4) is 0 Å². The Bertz CT molecular complexity index is 603. The third-order valence-corrected chi connectivity index (χ3v) is 2.95. The fraction of sp³-hybridized carbons (Fsp3) is 0.286. The molecule has 5 nitrogen and oxygen atoms in total. The number of Topliss-reactive ketones (excluding diaryl/α,β-unsaturated/α-hetero) is 1. The van der Waals surface area contributed by atoms with Gasteiger partial charge in [-0.05, 0) is 19.1 Å². The number of aromatic hydroxyl groups is 1. The molecule has 100 valence electrons. The van der Waals surface area contributed by atoms with Crippen molar-refractivity contribution >= 4 is 22.7 Å². The van der Waals surface area contributed by atoms with Gasteiger partial charge in [0.05, 0.1) is 12.1 Å². The van der Waals surface area contributed by atoms with Crippen molar-refractivity contribution in [3.63, 3.8) is 0 Å². The third kappa shape index (κ3) is 2.31. The molecule has 2 aromatic rings. The van der Waals surface area contributed by atoms with Crippen molar-refractivity contribution in [1.82, 2.24) is 4.57 Å². The highest BCUT2D eigenvalue weighted by molar-refractivity contribution is 6.10. The molecule has 0 amide bonds. The molecular formula is C14H15NO4. The van der Waals surface area contributed by atoms with Gasteiger partial charge in [0.25, 0.3) is 0 Å². The molecule has 1 N–H and O–H groups in total. The Labute approximate surface area is 110 Å². The van der Waals surface area contributed by atoms with E-state index in [1.807, 2.05) is 6.07 Å². The van der Waals surface area contributed by atoms with Gasteiger partial charge in [-0.1, -0.05) is 12.1 Å². The van der Waals surface area contributed by atoms with Crippen LogP contribution in [0.5, 0.6) is 5.75 Å². The summed E-state index contributed by atoms with van der Waals surface area (Å²) in [5.41, 5.74) is 0.876. The van der Waals surface area contributed by atoms with Gasteiger partial charge in [-0.15, -0.1) is 0 Å². The second-order valence-electron chi connectivity index (χ2n) is 4.18. The second kappa shape index (κ2) is 5.14. The Hall–Kier alpha value is -2.30. The highest BCUT2D eigenvalue weighted by Gasteiger charge is 2.22. The molecule has 0 unspecified atom stereocenters. The molecule has 1 heterocycles. The molecule has 0 atom stereocenters. The van der Waals surface area contributed by atoms with Crippen LogP contribution in [-0.2, 0) is 16.6 Å². The SMILES string of the molecule is CCOC(=O)CC(=O)c1c(O)c2ccccc2n1C. The number of fused-ring (bicyclic) bond motifs is 1. The number of carbonyl (C=O) groups excluding carboxylic acids is 2. The predicted octanol–water partition coefficient (Wildman–Crippen LogP) is 2.02. The molecule has 19 heavy (non-hydrogen) atoms. The number of aromatic nitrogens is 1. The molecule has 1 aromatic carbocycles. The molecule has 0 aliphatic carbocycles. The van der Waals surface area contributed by atoms with Gasteiger partial charge in [0.2, 0.25) is 0 Å². The highest BCUT2D eigenvalue weighted by atomic mass is 16.5. The van der Waals surface area contributed by atoms with E-state index in [-0.39, 0.29) is 24.5 Å². The number of benzene rings is 1. The average Bonchev–Trinajstić information content (AvgIpc) is 2.63. The van der Waals surface area contributed by atoms with Crippen LogP contribution in [0.4, 0.5) is 0 Å². The number of ether oxygens (including phenoxy) is 1. The van der Waals surface area contributed by atoms with Crippen molar-refractivity contribution in [3.05, 3.63) is 30.0 Å². The summed E-state index contributed by atoms with van der Waals surface area (Å²) < 4.78 is 6.33. The summed E-state index contributed by atoms with van der Waals surface area (Å²) in [5, 5.41) is 10.7. The van der Waals surface area contributed by atoms with Crippen molar-refractivity contribution < 1.29 is 19.4 Å². The lowest BCUT2D eigenvalue weighted by molar-refractivity contribution is -0.141. The van der Waals surface area contributed by atoms with E-state index in [2.05, 4.69) is 0 Å². The lowest BCUT2D eigenvalue weighted by Crippen LogP contribution is -2.14. The number of hydrogen-bond donors (Lipinski definition) is 1. The Balaban J connectivity index is 2.40. The number of carbonyl (C=O) groups is 2. The van der Waals surface area contributed by atoms with Crippen LogP contribution >= 0.6 is 0 Å². The molecule has 0 radical (unpaired) electrons. The molecule has 0 fully saturated rings. The van der Waals surface area contributed by atoms with Crippen LogP contribution in [0.15, 0.2) is 24.3 Å². The Morgan fingerprint density at radius 2 is 2.00 bits per heavy atom. The minimum atomic E-state index is -0.586. The molecule has 2 rings (SSSR count). The summed E-state index contributed by atoms with van der Waals surface area (Å²) in [6, 6.07) is 7.13. The standard InChI is InChI=1S/C14H15NO4/c1-3-19-12(17)8-11(16)13-14(18)9-6-4-5-7-10(9)15(13)2/h4-7,18H,3,8H2,1-2H3. The molecule has 0 saturated carbocycles. The largest absolute Gasteiger partial charge is 0.505 e. The zero-order valence-electron chi connectivity index (χ0n) is 10.8. The summed E-state index contributed by atoms with van der Waals surface area (Å²) in [6.07, 6.45) is -0.369. The normalized spacial score (nSPS) is 10.6. The number of ketones is 1. The number of esters is 1. The van der Waals surface area contributed by atoms with E-state index in [0.717, 1.165) is 5.52 Å². The van der Waals surface area contributed by atoms with Crippen LogP contribution in [0.25, 0.3) is 10.9 Å². The van der Waals surface area contributed by atoms with Gasteiger partial charge in [0.1, 0.15) is 12.1 Å². The van der Waals surface area contributed by atoms with Crippen LogP contribution in [0.1, 0.15) is 23.8 Å². The Morgan fingerprint density at radius 3 is 2.63 bits per heavy atom. The lowest BCUT2D eigenvalue weighted by atomic mass is 10.2.